The standard InChI is InChI=1S/C13H27NO3/c1-5-6-7-8-9-10(15)11(14)12(16)17-13(2,3)4/h10-11,15H,5-9,14H2,1-4H3/t10-,11+/m1/s1. The number of ether oxygens (including phenoxy) is 1. The Labute approximate surface area is 105 Å². The fourth-order valence-electron chi connectivity index (χ4n) is 1.49. The Morgan fingerprint density at radius 2 is 1.88 bits per heavy atom. The zero-order valence-corrected chi connectivity index (χ0v) is 11.5. The maximum absolute atomic E-state index is 11.6. The van der Waals surface area contributed by atoms with Gasteiger partial charge < -0.3 is 15.6 Å². The lowest BCUT2D eigenvalue weighted by atomic mass is 10.0. The first-order valence-corrected chi connectivity index (χ1v) is 6.44. The summed E-state index contributed by atoms with van der Waals surface area (Å²) in [6, 6.07) is -0.934. The summed E-state index contributed by atoms with van der Waals surface area (Å²) >= 11 is 0. The number of carbonyl (C=O) groups excluding carboxylic acids is 1. The molecule has 0 aliphatic heterocycles. The number of hydrogen-bond donors (Lipinski definition) is 2. The van der Waals surface area contributed by atoms with Crippen molar-refractivity contribution < 1.29 is 14.6 Å². The van der Waals surface area contributed by atoms with Crippen LogP contribution in [0.3, 0.4) is 0 Å². The van der Waals surface area contributed by atoms with E-state index in [-0.39, 0.29) is 0 Å². The third-order valence-corrected chi connectivity index (χ3v) is 2.45. The minimum Gasteiger partial charge on any atom is -0.459 e. The number of aliphatic hydroxyl groups excluding tert-OH is 1. The van der Waals surface area contributed by atoms with Gasteiger partial charge in [0.1, 0.15) is 11.6 Å². The molecule has 0 fully saturated rings. The fraction of sp³-hybridized carbons (Fsp3) is 0.923. The Balaban J connectivity index is 3.95. The van der Waals surface area contributed by atoms with Crippen LogP contribution in [-0.4, -0.2) is 28.8 Å². The molecular weight excluding hydrogens is 218 g/mol. The summed E-state index contributed by atoms with van der Waals surface area (Å²) in [4.78, 5) is 11.6. The van der Waals surface area contributed by atoms with E-state index in [0.29, 0.717) is 6.42 Å². The Morgan fingerprint density at radius 3 is 2.35 bits per heavy atom. The lowest BCUT2D eigenvalue weighted by Gasteiger charge is -2.24. The molecule has 0 rings (SSSR count). The van der Waals surface area contributed by atoms with Crippen LogP contribution < -0.4 is 5.73 Å². The molecule has 0 saturated carbocycles. The van der Waals surface area contributed by atoms with E-state index < -0.39 is 23.7 Å². The van der Waals surface area contributed by atoms with Crippen molar-refractivity contribution in [2.45, 2.75) is 77.5 Å². The molecule has 0 heterocycles. The highest BCUT2D eigenvalue weighted by atomic mass is 16.6. The molecule has 0 spiro atoms. The molecule has 4 nitrogen and oxygen atoms in total. The number of nitrogens with two attached hydrogens (primary N) is 1. The molecule has 0 saturated heterocycles. The van der Waals surface area contributed by atoms with Gasteiger partial charge in [-0.25, -0.2) is 0 Å². The first-order chi connectivity index (χ1) is 7.78. The molecule has 4 heteroatoms. The second kappa shape index (κ2) is 7.67. The summed E-state index contributed by atoms with van der Waals surface area (Å²) in [6.07, 6.45) is 4.00. The summed E-state index contributed by atoms with van der Waals surface area (Å²) in [6.45, 7) is 7.48. The third-order valence-electron chi connectivity index (χ3n) is 2.45. The molecule has 0 bridgehead atoms. The maximum Gasteiger partial charge on any atom is 0.326 e. The number of esters is 1. The molecule has 0 unspecified atom stereocenters. The zero-order valence-electron chi connectivity index (χ0n) is 11.5. The predicted octanol–water partition coefficient (Wildman–Crippen LogP) is 1.99. The van der Waals surface area contributed by atoms with Gasteiger partial charge in [-0.2, -0.15) is 0 Å². The fourth-order valence-corrected chi connectivity index (χ4v) is 1.49. The minimum absolute atomic E-state index is 0.527. The Hall–Kier alpha value is -0.610. The smallest absolute Gasteiger partial charge is 0.326 e. The van der Waals surface area contributed by atoms with Crippen LogP contribution in [0.1, 0.15) is 59.8 Å². The van der Waals surface area contributed by atoms with E-state index in [9.17, 15) is 9.90 Å². The van der Waals surface area contributed by atoms with Crippen molar-refractivity contribution in [3.8, 4) is 0 Å². The van der Waals surface area contributed by atoms with Gasteiger partial charge in [0.2, 0.25) is 0 Å². The van der Waals surface area contributed by atoms with Gasteiger partial charge in [-0.1, -0.05) is 32.6 Å². The van der Waals surface area contributed by atoms with Gasteiger partial charge in [0, 0.05) is 0 Å². The topological polar surface area (TPSA) is 72.5 Å². The van der Waals surface area contributed by atoms with Crippen molar-refractivity contribution in [2.24, 2.45) is 5.73 Å². The maximum atomic E-state index is 11.6. The second-order valence-corrected chi connectivity index (χ2v) is 5.48. The molecule has 17 heavy (non-hydrogen) atoms. The Kier molecular flexibility index (Phi) is 7.39. The summed E-state index contributed by atoms with van der Waals surface area (Å²) < 4.78 is 5.12. The van der Waals surface area contributed by atoms with Crippen molar-refractivity contribution in [2.75, 3.05) is 0 Å². The molecule has 0 radical (unpaired) electrons. The van der Waals surface area contributed by atoms with Gasteiger partial charge in [-0.3, -0.25) is 4.79 Å². The van der Waals surface area contributed by atoms with Crippen molar-refractivity contribution in [1.29, 1.82) is 0 Å². The Bertz CT molecular complexity index is 223. The highest BCUT2D eigenvalue weighted by Gasteiger charge is 2.27. The van der Waals surface area contributed by atoms with Gasteiger partial charge in [0.05, 0.1) is 6.10 Å². The summed E-state index contributed by atoms with van der Waals surface area (Å²) in [5.74, 6) is -0.527. The van der Waals surface area contributed by atoms with Gasteiger partial charge >= 0.3 is 5.97 Å². The summed E-state index contributed by atoms with van der Waals surface area (Å²) in [7, 11) is 0. The van der Waals surface area contributed by atoms with Crippen molar-refractivity contribution in [3.05, 3.63) is 0 Å². The number of aliphatic hydroxyl groups is 1. The van der Waals surface area contributed by atoms with Gasteiger partial charge in [-0.05, 0) is 27.2 Å². The van der Waals surface area contributed by atoms with Gasteiger partial charge in [0.25, 0.3) is 0 Å². The monoisotopic (exact) mass is 245 g/mol. The first-order valence-electron chi connectivity index (χ1n) is 6.44. The molecule has 0 amide bonds. The van der Waals surface area contributed by atoms with E-state index in [2.05, 4.69) is 6.92 Å². The van der Waals surface area contributed by atoms with E-state index in [1.54, 1.807) is 20.8 Å². The quantitative estimate of drug-likeness (QED) is 0.531. The average Bonchev–Trinajstić information content (AvgIpc) is 2.20. The number of rotatable bonds is 7. The van der Waals surface area contributed by atoms with Crippen LogP contribution in [0.25, 0.3) is 0 Å². The van der Waals surface area contributed by atoms with E-state index in [4.69, 9.17) is 10.5 Å². The molecule has 0 aliphatic rings. The van der Waals surface area contributed by atoms with E-state index >= 15 is 0 Å². The van der Waals surface area contributed by atoms with Crippen LogP contribution in [0.5, 0.6) is 0 Å². The van der Waals surface area contributed by atoms with Gasteiger partial charge in [0.15, 0.2) is 0 Å². The predicted molar refractivity (Wildman–Crippen MR) is 68.6 cm³/mol. The minimum atomic E-state index is -0.934. The second-order valence-electron chi connectivity index (χ2n) is 5.48. The SMILES string of the molecule is CCCCCC[C@@H](O)[C@H](N)C(=O)OC(C)(C)C. The number of hydrogen-bond acceptors (Lipinski definition) is 4. The molecule has 3 N–H and O–H groups in total. The molecule has 102 valence electrons. The Morgan fingerprint density at radius 1 is 1.29 bits per heavy atom. The van der Waals surface area contributed by atoms with Crippen LogP contribution in [0, 0.1) is 0 Å². The lowest BCUT2D eigenvalue weighted by Crippen LogP contribution is -2.45. The molecule has 0 aromatic heterocycles. The molecule has 0 aromatic rings. The largest absolute Gasteiger partial charge is 0.459 e. The van der Waals surface area contributed by atoms with E-state index in [1.165, 1.54) is 0 Å². The van der Waals surface area contributed by atoms with Crippen molar-refractivity contribution in [1.82, 2.24) is 0 Å². The van der Waals surface area contributed by atoms with Crippen molar-refractivity contribution in [3.63, 3.8) is 0 Å². The number of unbranched alkanes of at least 4 members (excludes halogenated alkanes) is 3. The summed E-state index contributed by atoms with van der Waals surface area (Å²) in [5, 5.41) is 9.76. The third kappa shape index (κ3) is 8.16. The average molecular weight is 245 g/mol. The molecule has 2 atom stereocenters. The first kappa shape index (κ1) is 16.4. The van der Waals surface area contributed by atoms with Crippen LogP contribution in [0.4, 0.5) is 0 Å². The highest BCUT2D eigenvalue weighted by Crippen LogP contribution is 2.12. The lowest BCUT2D eigenvalue weighted by molar-refractivity contribution is -0.159. The van der Waals surface area contributed by atoms with Crippen LogP contribution in [-0.2, 0) is 9.53 Å². The number of carbonyl (C=O) groups is 1. The van der Waals surface area contributed by atoms with Crippen LogP contribution >= 0.6 is 0 Å². The van der Waals surface area contributed by atoms with Crippen LogP contribution in [0.15, 0.2) is 0 Å². The van der Waals surface area contributed by atoms with E-state index in [0.717, 1.165) is 25.7 Å². The molecule has 0 aliphatic carbocycles. The molecule has 0 aromatic carbocycles. The van der Waals surface area contributed by atoms with Crippen LogP contribution in [0.2, 0.25) is 0 Å². The summed E-state index contributed by atoms with van der Waals surface area (Å²) in [5.41, 5.74) is 5.10. The van der Waals surface area contributed by atoms with Crippen molar-refractivity contribution >= 4 is 5.97 Å². The zero-order chi connectivity index (χ0) is 13.5. The van der Waals surface area contributed by atoms with E-state index in [1.807, 2.05) is 0 Å². The van der Waals surface area contributed by atoms with Gasteiger partial charge in [-0.15, -0.1) is 0 Å². The highest BCUT2D eigenvalue weighted by molar-refractivity contribution is 5.76. The normalized spacial score (nSPS) is 15.4. The molecular formula is C13H27NO3.